The molecule has 0 bridgehead atoms. The zero-order chi connectivity index (χ0) is 15.6. The van der Waals surface area contributed by atoms with Gasteiger partial charge in [-0.1, -0.05) is 18.2 Å². The topological polar surface area (TPSA) is 64.0 Å². The molecule has 1 heterocycles. The Morgan fingerprint density at radius 3 is 2.82 bits per heavy atom. The van der Waals surface area contributed by atoms with Crippen LogP contribution in [0.1, 0.15) is 30.1 Å². The summed E-state index contributed by atoms with van der Waals surface area (Å²) in [5.41, 5.74) is 0.177. The van der Waals surface area contributed by atoms with E-state index in [0.717, 1.165) is 18.7 Å². The van der Waals surface area contributed by atoms with Crippen LogP contribution in [0.5, 0.6) is 0 Å². The molecule has 1 aromatic heterocycles. The van der Waals surface area contributed by atoms with Crippen molar-refractivity contribution in [2.24, 2.45) is 0 Å². The summed E-state index contributed by atoms with van der Waals surface area (Å²) in [5, 5.41) is 0. The van der Waals surface area contributed by atoms with Gasteiger partial charge >= 0.3 is 0 Å². The second-order valence-corrected chi connectivity index (χ2v) is 7.30. The summed E-state index contributed by atoms with van der Waals surface area (Å²) in [6.45, 7) is 0.801. The highest BCUT2D eigenvalue weighted by Gasteiger charge is 2.27. The number of hydrogen-bond acceptors (Lipinski definition) is 3. The largest absolute Gasteiger partial charge is 0.333 e. The van der Waals surface area contributed by atoms with Gasteiger partial charge in [-0.3, -0.25) is 0 Å². The molecular formula is C15H18FN3O2S. The molecular weight excluding hydrogens is 305 g/mol. The monoisotopic (exact) mass is 323 g/mol. The van der Waals surface area contributed by atoms with E-state index in [2.05, 4.69) is 9.71 Å². The van der Waals surface area contributed by atoms with Gasteiger partial charge in [-0.05, 0) is 18.9 Å². The first-order valence-corrected chi connectivity index (χ1v) is 8.92. The number of nitrogens with zero attached hydrogens (tertiary/aromatic N) is 2. The minimum atomic E-state index is -3.55. The summed E-state index contributed by atoms with van der Waals surface area (Å²) < 4.78 is 42.0. The SMILES string of the molecule is O=S(=O)(Cc1ccccc1F)NCCn1ccnc1C1CC1. The predicted molar refractivity (Wildman–Crippen MR) is 81.2 cm³/mol. The Labute approximate surface area is 129 Å². The number of aromatic nitrogens is 2. The van der Waals surface area contributed by atoms with Crippen LogP contribution in [-0.2, 0) is 22.3 Å². The van der Waals surface area contributed by atoms with Crippen LogP contribution < -0.4 is 4.72 Å². The second-order valence-electron chi connectivity index (χ2n) is 5.50. The minimum absolute atomic E-state index is 0.177. The maximum atomic E-state index is 13.5. The van der Waals surface area contributed by atoms with Crippen molar-refractivity contribution in [2.75, 3.05) is 6.54 Å². The number of imidazole rings is 1. The molecule has 118 valence electrons. The number of hydrogen-bond donors (Lipinski definition) is 1. The highest BCUT2D eigenvalue weighted by atomic mass is 32.2. The van der Waals surface area contributed by atoms with Gasteiger partial charge in [0, 0.05) is 37.0 Å². The fraction of sp³-hybridized carbons (Fsp3) is 0.400. The molecule has 3 rings (SSSR count). The van der Waals surface area contributed by atoms with Gasteiger partial charge in [0.25, 0.3) is 0 Å². The van der Waals surface area contributed by atoms with Crippen LogP contribution in [0.4, 0.5) is 4.39 Å². The van der Waals surface area contributed by atoms with Crippen LogP contribution >= 0.6 is 0 Å². The summed E-state index contributed by atoms with van der Waals surface area (Å²) in [6, 6.07) is 5.91. The lowest BCUT2D eigenvalue weighted by molar-refractivity contribution is 0.564. The Bertz CT molecular complexity index is 754. The van der Waals surface area contributed by atoms with Crippen LogP contribution in [0, 0.1) is 5.82 Å². The van der Waals surface area contributed by atoms with Crippen molar-refractivity contribution in [3.63, 3.8) is 0 Å². The van der Waals surface area contributed by atoms with E-state index in [-0.39, 0.29) is 17.9 Å². The van der Waals surface area contributed by atoms with Crippen molar-refractivity contribution >= 4 is 10.0 Å². The minimum Gasteiger partial charge on any atom is -0.333 e. The molecule has 0 spiro atoms. The maximum Gasteiger partial charge on any atom is 0.215 e. The number of sulfonamides is 1. The molecule has 0 unspecified atom stereocenters. The molecule has 0 aliphatic heterocycles. The van der Waals surface area contributed by atoms with E-state index in [1.165, 1.54) is 18.2 Å². The highest BCUT2D eigenvalue weighted by Crippen LogP contribution is 2.38. The molecule has 2 aromatic rings. The van der Waals surface area contributed by atoms with E-state index < -0.39 is 15.8 Å². The first-order valence-electron chi connectivity index (χ1n) is 7.27. The summed E-state index contributed by atoms with van der Waals surface area (Å²) in [7, 11) is -3.55. The predicted octanol–water partition coefficient (Wildman–Crippen LogP) is 2.02. The molecule has 22 heavy (non-hydrogen) atoms. The molecule has 0 atom stereocenters. The van der Waals surface area contributed by atoms with Crippen molar-refractivity contribution in [2.45, 2.75) is 31.1 Å². The van der Waals surface area contributed by atoms with Crippen LogP contribution in [0.25, 0.3) is 0 Å². The molecule has 1 fully saturated rings. The van der Waals surface area contributed by atoms with E-state index in [4.69, 9.17) is 0 Å². The lowest BCUT2D eigenvalue weighted by atomic mass is 10.2. The lowest BCUT2D eigenvalue weighted by Crippen LogP contribution is -2.29. The quantitative estimate of drug-likeness (QED) is 0.848. The van der Waals surface area contributed by atoms with E-state index >= 15 is 0 Å². The first-order chi connectivity index (χ1) is 10.6. The molecule has 5 nitrogen and oxygen atoms in total. The molecule has 1 saturated carbocycles. The third-order valence-corrected chi connectivity index (χ3v) is 5.00. The third-order valence-electron chi connectivity index (χ3n) is 3.67. The first kappa shape index (κ1) is 15.2. The van der Waals surface area contributed by atoms with E-state index in [0.29, 0.717) is 12.5 Å². The van der Waals surface area contributed by atoms with Gasteiger partial charge < -0.3 is 4.57 Å². The van der Waals surface area contributed by atoms with E-state index in [1.54, 1.807) is 12.3 Å². The fourth-order valence-electron chi connectivity index (χ4n) is 2.40. The number of nitrogens with one attached hydrogen (secondary N) is 1. The molecule has 0 amide bonds. The standard InChI is InChI=1S/C15H18FN3O2S/c16-14-4-2-1-3-13(14)11-22(20,21)18-8-10-19-9-7-17-15(19)12-5-6-12/h1-4,7,9,12,18H,5-6,8,10-11H2. The van der Waals surface area contributed by atoms with Crippen molar-refractivity contribution in [1.82, 2.24) is 14.3 Å². The van der Waals surface area contributed by atoms with Gasteiger partial charge in [-0.25, -0.2) is 22.5 Å². The Morgan fingerprint density at radius 2 is 2.09 bits per heavy atom. The summed E-state index contributed by atoms with van der Waals surface area (Å²) in [5.74, 6) is 0.691. The van der Waals surface area contributed by atoms with Crippen LogP contribution in [0.15, 0.2) is 36.7 Å². The average Bonchev–Trinajstić information content (AvgIpc) is 3.21. The van der Waals surface area contributed by atoms with Crippen LogP contribution in [-0.4, -0.2) is 24.5 Å². The van der Waals surface area contributed by atoms with Crippen molar-refractivity contribution < 1.29 is 12.8 Å². The van der Waals surface area contributed by atoms with Crippen molar-refractivity contribution in [1.29, 1.82) is 0 Å². The molecule has 1 aromatic carbocycles. The number of rotatable bonds is 7. The Morgan fingerprint density at radius 1 is 1.32 bits per heavy atom. The average molecular weight is 323 g/mol. The van der Waals surface area contributed by atoms with Crippen molar-refractivity contribution in [3.05, 3.63) is 53.9 Å². The maximum absolute atomic E-state index is 13.5. The molecule has 0 radical (unpaired) electrons. The Hall–Kier alpha value is -1.73. The van der Waals surface area contributed by atoms with Gasteiger partial charge in [0.2, 0.25) is 10.0 Å². The zero-order valence-electron chi connectivity index (χ0n) is 12.1. The Kier molecular flexibility index (Phi) is 4.26. The molecule has 1 aliphatic carbocycles. The normalized spacial score (nSPS) is 15.1. The van der Waals surface area contributed by atoms with E-state index in [9.17, 15) is 12.8 Å². The molecule has 1 N–H and O–H groups in total. The van der Waals surface area contributed by atoms with Gasteiger partial charge in [0.1, 0.15) is 11.6 Å². The fourth-order valence-corrected chi connectivity index (χ4v) is 3.55. The van der Waals surface area contributed by atoms with Gasteiger partial charge in [-0.2, -0.15) is 0 Å². The van der Waals surface area contributed by atoms with Gasteiger partial charge in [0.15, 0.2) is 0 Å². The summed E-state index contributed by atoms with van der Waals surface area (Å²) >= 11 is 0. The lowest BCUT2D eigenvalue weighted by Gasteiger charge is -2.10. The third kappa shape index (κ3) is 3.72. The molecule has 7 heteroatoms. The number of benzene rings is 1. The van der Waals surface area contributed by atoms with Gasteiger partial charge in [0.05, 0.1) is 5.75 Å². The van der Waals surface area contributed by atoms with Crippen LogP contribution in [0.2, 0.25) is 0 Å². The highest BCUT2D eigenvalue weighted by molar-refractivity contribution is 7.88. The summed E-state index contributed by atoms with van der Waals surface area (Å²) in [6.07, 6.45) is 5.90. The molecule has 0 saturated heterocycles. The van der Waals surface area contributed by atoms with Crippen LogP contribution in [0.3, 0.4) is 0 Å². The summed E-state index contributed by atoms with van der Waals surface area (Å²) in [4.78, 5) is 4.31. The van der Waals surface area contributed by atoms with Crippen molar-refractivity contribution in [3.8, 4) is 0 Å². The zero-order valence-corrected chi connectivity index (χ0v) is 12.9. The smallest absolute Gasteiger partial charge is 0.215 e. The van der Waals surface area contributed by atoms with E-state index in [1.807, 2.05) is 10.8 Å². The second kappa shape index (κ2) is 6.18. The molecule has 1 aliphatic rings. The Balaban J connectivity index is 1.56. The number of halogens is 1. The van der Waals surface area contributed by atoms with Gasteiger partial charge in [-0.15, -0.1) is 0 Å².